The van der Waals surface area contributed by atoms with Crippen LogP contribution in [0.15, 0.2) is 261 Å². The summed E-state index contributed by atoms with van der Waals surface area (Å²) < 4.78 is 9.69. The summed E-state index contributed by atoms with van der Waals surface area (Å²) in [6.45, 7) is 0. The second kappa shape index (κ2) is 16.8. The Morgan fingerprint density at radius 3 is 1.16 bits per heavy atom. The molecule has 0 amide bonds. The van der Waals surface area contributed by atoms with Gasteiger partial charge in [-0.1, -0.05) is 194 Å². The number of benzene rings is 11. The van der Waals surface area contributed by atoms with Crippen molar-refractivity contribution in [3.05, 3.63) is 261 Å². The van der Waals surface area contributed by atoms with E-state index in [0.29, 0.717) is 5.82 Å². The van der Waals surface area contributed by atoms with Crippen LogP contribution < -0.4 is 0 Å². The van der Waals surface area contributed by atoms with E-state index in [-0.39, 0.29) is 0 Å². The van der Waals surface area contributed by atoms with E-state index in [2.05, 4.69) is 268 Å². The van der Waals surface area contributed by atoms with Gasteiger partial charge in [0.25, 0.3) is 0 Å². The maximum atomic E-state index is 5.57. The molecule has 0 saturated heterocycles. The third-order valence-electron chi connectivity index (χ3n) is 15.4. The summed E-state index contributed by atoms with van der Waals surface area (Å²) in [4.78, 5) is 10.9. The van der Waals surface area contributed by atoms with Gasteiger partial charge in [-0.3, -0.25) is 0 Å². The molecule has 0 bridgehead atoms. The molecule has 354 valence electrons. The van der Waals surface area contributed by atoms with Gasteiger partial charge in [0.1, 0.15) is 0 Å². The normalized spacial score (nSPS) is 11.9. The Labute approximate surface area is 441 Å². The van der Waals surface area contributed by atoms with Crippen molar-refractivity contribution in [2.45, 2.75) is 0 Å². The molecule has 11 aromatic carbocycles. The second-order valence-electron chi connectivity index (χ2n) is 19.7. The zero-order valence-electron chi connectivity index (χ0n) is 41.0. The van der Waals surface area contributed by atoms with E-state index in [1.807, 2.05) is 6.07 Å². The highest BCUT2D eigenvalue weighted by atomic mass is 32.1. The van der Waals surface area contributed by atoms with Crippen LogP contribution in [0.4, 0.5) is 0 Å². The molecule has 5 aromatic heterocycles. The predicted octanol–water partition coefficient (Wildman–Crippen LogP) is 18.8. The van der Waals surface area contributed by atoms with Gasteiger partial charge in [0.05, 0.1) is 54.7 Å². The molecule has 0 radical (unpaired) electrons. The fourth-order valence-electron chi connectivity index (χ4n) is 12.1. The second-order valence-corrected chi connectivity index (χ2v) is 20.7. The first-order valence-electron chi connectivity index (χ1n) is 25.8. The van der Waals surface area contributed by atoms with Gasteiger partial charge in [-0.05, 0) is 77.9 Å². The minimum absolute atomic E-state index is 0.704. The summed E-state index contributed by atoms with van der Waals surface area (Å²) in [6.07, 6.45) is 0. The van der Waals surface area contributed by atoms with Crippen LogP contribution in [-0.4, -0.2) is 23.7 Å². The summed E-state index contributed by atoms with van der Waals surface area (Å²) in [6, 6.07) is 94.9. The van der Waals surface area contributed by atoms with Crippen LogP contribution in [-0.2, 0) is 0 Å². The van der Waals surface area contributed by atoms with Gasteiger partial charge < -0.3 is 13.7 Å². The molecule has 5 nitrogen and oxygen atoms in total. The third kappa shape index (κ3) is 6.44. The summed E-state index contributed by atoms with van der Waals surface area (Å²) in [5, 5.41) is 8.41. The Hall–Kier alpha value is -9.88. The molecular formula is C70H43N5S. The molecule has 16 aromatic rings. The molecule has 16 rings (SSSR count). The number of thiophene rings is 1. The molecule has 6 heteroatoms. The Bertz CT molecular complexity index is 4650. The van der Waals surface area contributed by atoms with Crippen LogP contribution in [0.25, 0.3) is 148 Å². The molecule has 5 heterocycles. The van der Waals surface area contributed by atoms with Crippen molar-refractivity contribution in [1.82, 2.24) is 23.7 Å². The Morgan fingerprint density at radius 1 is 0.289 bits per heavy atom. The van der Waals surface area contributed by atoms with Crippen molar-refractivity contribution in [2.24, 2.45) is 0 Å². The maximum Gasteiger partial charge on any atom is 0.160 e. The molecule has 0 unspecified atom stereocenters. The number of para-hydroxylation sites is 4. The van der Waals surface area contributed by atoms with Crippen molar-refractivity contribution in [2.75, 3.05) is 0 Å². The maximum absolute atomic E-state index is 5.57. The molecule has 0 N–H and O–H groups in total. The van der Waals surface area contributed by atoms with Crippen LogP contribution in [0.5, 0.6) is 0 Å². The molecule has 0 spiro atoms. The number of aromatic nitrogens is 5. The summed E-state index contributed by atoms with van der Waals surface area (Å²) in [5.74, 6) is 0.704. The molecule has 0 saturated carbocycles. The van der Waals surface area contributed by atoms with Gasteiger partial charge >= 0.3 is 0 Å². The average Bonchev–Trinajstić information content (AvgIpc) is 4.29. The standard InChI is InChI=1S/C70H43N5S/c1-4-20-44(21-5-1)57-40-47(66-69-67(56-30-14-19-35-65(56)76-69)72-70(71-66)46-24-8-3-9-25-46)41-58(45-22-6-2-7-23-45)68(57)75-63-42-48(73-59-31-15-10-26-50(59)51-27-11-16-32-60(51)73)36-38-54(63)55-39-37-49(43-64(55)75)74-61-33-17-12-28-52(61)53-29-13-18-34-62(53)74/h1-43H. The summed E-state index contributed by atoms with van der Waals surface area (Å²) >= 11 is 1.76. The van der Waals surface area contributed by atoms with E-state index < -0.39 is 0 Å². The Kier molecular flexibility index (Phi) is 9.44. The van der Waals surface area contributed by atoms with Crippen LogP contribution in [0.1, 0.15) is 0 Å². The predicted molar refractivity (Wildman–Crippen MR) is 320 cm³/mol. The zero-order chi connectivity index (χ0) is 49.8. The van der Waals surface area contributed by atoms with Crippen LogP contribution in [0.2, 0.25) is 0 Å². The monoisotopic (exact) mass is 985 g/mol. The van der Waals surface area contributed by atoms with E-state index in [9.17, 15) is 0 Å². The van der Waals surface area contributed by atoms with E-state index in [4.69, 9.17) is 9.97 Å². The molecule has 0 atom stereocenters. The first-order chi connectivity index (χ1) is 37.7. The number of nitrogens with zero attached hydrogens (tertiary/aromatic N) is 5. The Balaban J connectivity index is 1.06. The molecule has 0 aliphatic carbocycles. The van der Waals surface area contributed by atoms with Crippen LogP contribution in [0.3, 0.4) is 0 Å². The largest absolute Gasteiger partial charge is 0.309 e. The number of hydrogen-bond donors (Lipinski definition) is 0. The Morgan fingerprint density at radius 2 is 0.684 bits per heavy atom. The highest BCUT2D eigenvalue weighted by molar-refractivity contribution is 7.26. The van der Waals surface area contributed by atoms with Crippen LogP contribution in [0, 0.1) is 0 Å². The zero-order valence-corrected chi connectivity index (χ0v) is 41.8. The number of fused-ring (bicyclic) bond motifs is 12. The fraction of sp³-hybridized carbons (Fsp3) is 0. The molecule has 0 aliphatic rings. The fourth-order valence-corrected chi connectivity index (χ4v) is 13.3. The van der Waals surface area contributed by atoms with E-state index in [1.165, 1.54) is 59.1 Å². The molecule has 0 aliphatic heterocycles. The average molecular weight is 986 g/mol. The van der Waals surface area contributed by atoms with Gasteiger partial charge in [0, 0.05) is 76.0 Å². The SMILES string of the molecule is c1ccc(-c2nc(-c3cc(-c4ccccc4)c(-n4c5cc(-n6c7ccccc7c7ccccc76)ccc5c5ccc(-n6c7ccccc7c7ccccc76)cc54)c(-c4ccccc4)c3)c3sc4ccccc4c3n2)cc1. The van der Waals surface area contributed by atoms with Gasteiger partial charge in [-0.2, -0.15) is 0 Å². The number of rotatable bonds is 7. The highest BCUT2D eigenvalue weighted by Gasteiger charge is 2.26. The highest BCUT2D eigenvalue weighted by Crippen LogP contribution is 2.48. The lowest BCUT2D eigenvalue weighted by Gasteiger charge is -2.22. The van der Waals surface area contributed by atoms with Gasteiger partial charge in [-0.25, -0.2) is 9.97 Å². The van der Waals surface area contributed by atoms with Gasteiger partial charge in [0.15, 0.2) is 5.82 Å². The smallest absolute Gasteiger partial charge is 0.160 e. The first-order valence-corrected chi connectivity index (χ1v) is 26.6. The van der Waals surface area contributed by atoms with E-state index in [1.54, 1.807) is 11.3 Å². The van der Waals surface area contributed by atoms with E-state index >= 15 is 0 Å². The minimum Gasteiger partial charge on any atom is -0.309 e. The molecular weight excluding hydrogens is 943 g/mol. The first kappa shape index (κ1) is 42.6. The van der Waals surface area contributed by atoms with Crippen molar-refractivity contribution >= 4 is 97.1 Å². The van der Waals surface area contributed by atoms with Crippen molar-refractivity contribution in [3.8, 4) is 62.0 Å². The lowest BCUT2D eigenvalue weighted by molar-refractivity contribution is 1.15. The van der Waals surface area contributed by atoms with Crippen molar-refractivity contribution in [1.29, 1.82) is 0 Å². The summed E-state index contributed by atoms with van der Waals surface area (Å²) in [5.41, 5.74) is 18.5. The van der Waals surface area contributed by atoms with Gasteiger partial charge in [-0.15, -0.1) is 11.3 Å². The van der Waals surface area contributed by atoms with Crippen molar-refractivity contribution in [3.63, 3.8) is 0 Å². The quantitative estimate of drug-likeness (QED) is 0.160. The molecule has 0 fully saturated rings. The lowest BCUT2D eigenvalue weighted by atomic mass is 9.91. The van der Waals surface area contributed by atoms with E-state index in [0.717, 1.165) is 82.8 Å². The third-order valence-corrected chi connectivity index (χ3v) is 16.6. The summed E-state index contributed by atoms with van der Waals surface area (Å²) in [7, 11) is 0. The lowest BCUT2D eigenvalue weighted by Crippen LogP contribution is -2.03. The van der Waals surface area contributed by atoms with Crippen molar-refractivity contribution < 1.29 is 0 Å². The van der Waals surface area contributed by atoms with Crippen LogP contribution >= 0.6 is 11.3 Å². The van der Waals surface area contributed by atoms with Gasteiger partial charge in [0.2, 0.25) is 0 Å². The molecule has 76 heavy (non-hydrogen) atoms. The number of hydrogen-bond acceptors (Lipinski definition) is 3. The topological polar surface area (TPSA) is 40.6 Å². The minimum atomic E-state index is 0.704.